The van der Waals surface area contributed by atoms with Gasteiger partial charge in [0.2, 0.25) is 6.79 Å². The molecule has 0 bridgehead atoms. The fourth-order valence-corrected chi connectivity index (χ4v) is 2.63. The molecule has 0 unspecified atom stereocenters. The number of pyridine rings is 1. The number of hydrogen-bond donors (Lipinski definition) is 2. The number of ether oxygens (including phenoxy) is 2. The minimum Gasteiger partial charge on any atom is -0.454 e. The van der Waals surface area contributed by atoms with Crippen molar-refractivity contribution in [1.82, 2.24) is 15.5 Å². The third-order valence-electron chi connectivity index (χ3n) is 4.01. The molecule has 3 aromatic rings. The number of amides is 2. The Labute approximate surface area is 159 Å². The lowest BCUT2D eigenvalue weighted by atomic mass is 10.2. The van der Waals surface area contributed by atoms with Crippen LogP contribution in [-0.2, 0) is 6.54 Å². The van der Waals surface area contributed by atoms with Crippen molar-refractivity contribution in [2.24, 2.45) is 0 Å². The number of nitrogens with one attached hydrogen (secondary N) is 2. The second kappa shape index (κ2) is 7.39. The summed E-state index contributed by atoms with van der Waals surface area (Å²) in [7, 11) is 0. The summed E-state index contributed by atoms with van der Waals surface area (Å²) in [5, 5.41) is 9.07. The third-order valence-corrected chi connectivity index (χ3v) is 4.01. The smallest absolute Gasteiger partial charge is 0.270 e. The number of rotatable bonds is 5. The van der Waals surface area contributed by atoms with Gasteiger partial charge in [-0.1, -0.05) is 11.2 Å². The highest BCUT2D eigenvalue weighted by molar-refractivity contribution is 6.05. The van der Waals surface area contributed by atoms with Crippen molar-refractivity contribution in [1.29, 1.82) is 0 Å². The zero-order chi connectivity index (χ0) is 19.5. The summed E-state index contributed by atoms with van der Waals surface area (Å²) < 4.78 is 15.5. The first kappa shape index (κ1) is 17.5. The molecule has 2 aromatic heterocycles. The molecular formula is C19H16N4O5. The first-order chi connectivity index (χ1) is 13.6. The number of anilines is 1. The maximum Gasteiger partial charge on any atom is 0.270 e. The van der Waals surface area contributed by atoms with Crippen LogP contribution < -0.4 is 20.1 Å². The minimum atomic E-state index is -0.416. The molecule has 2 amide bonds. The van der Waals surface area contributed by atoms with Crippen molar-refractivity contribution >= 4 is 17.6 Å². The highest BCUT2D eigenvalue weighted by Gasteiger charge is 2.15. The van der Waals surface area contributed by atoms with Crippen molar-refractivity contribution in [3.05, 3.63) is 65.2 Å². The Kier molecular flexibility index (Phi) is 4.63. The van der Waals surface area contributed by atoms with E-state index in [2.05, 4.69) is 20.8 Å². The standard InChI is InChI=1S/C19H16N4O5/c1-11-6-17(23-28-11)22-18(24)13-4-5-20-14(8-13)19(25)21-9-12-2-3-15-16(7-12)27-10-26-15/h2-8H,9-10H2,1H3,(H,21,25)(H,22,23,24). The van der Waals surface area contributed by atoms with Gasteiger partial charge in [-0.05, 0) is 36.8 Å². The molecule has 28 heavy (non-hydrogen) atoms. The number of aromatic nitrogens is 2. The molecule has 0 spiro atoms. The number of hydrogen-bond acceptors (Lipinski definition) is 7. The van der Waals surface area contributed by atoms with E-state index in [1.807, 2.05) is 6.07 Å². The van der Waals surface area contributed by atoms with E-state index in [-0.39, 0.29) is 24.6 Å². The molecule has 142 valence electrons. The van der Waals surface area contributed by atoms with E-state index >= 15 is 0 Å². The highest BCUT2D eigenvalue weighted by Crippen LogP contribution is 2.32. The number of aryl methyl sites for hydroxylation is 1. The van der Waals surface area contributed by atoms with Gasteiger partial charge in [-0.2, -0.15) is 0 Å². The van der Waals surface area contributed by atoms with Crippen LogP contribution >= 0.6 is 0 Å². The van der Waals surface area contributed by atoms with Crippen molar-refractivity contribution in [2.75, 3.05) is 12.1 Å². The van der Waals surface area contributed by atoms with E-state index in [0.29, 0.717) is 23.1 Å². The summed E-state index contributed by atoms with van der Waals surface area (Å²) in [5.74, 6) is 1.39. The molecule has 0 fully saturated rings. The van der Waals surface area contributed by atoms with Crippen LogP contribution in [0.1, 0.15) is 32.2 Å². The molecule has 1 aliphatic heterocycles. The molecule has 0 atom stereocenters. The summed E-state index contributed by atoms with van der Waals surface area (Å²) in [6, 6.07) is 9.95. The molecule has 4 rings (SSSR count). The predicted molar refractivity (Wildman–Crippen MR) is 97.2 cm³/mol. The van der Waals surface area contributed by atoms with Gasteiger partial charge in [-0.3, -0.25) is 14.6 Å². The topological polar surface area (TPSA) is 116 Å². The lowest BCUT2D eigenvalue weighted by Gasteiger charge is -2.07. The van der Waals surface area contributed by atoms with Gasteiger partial charge in [0.15, 0.2) is 17.3 Å². The van der Waals surface area contributed by atoms with Gasteiger partial charge in [0.1, 0.15) is 11.5 Å². The van der Waals surface area contributed by atoms with Crippen molar-refractivity contribution in [3.8, 4) is 11.5 Å². The Morgan fingerprint density at radius 2 is 1.93 bits per heavy atom. The quantitative estimate of drug-likeness (QED) is 0.698. The molecule has 9 nitrogen and oxygen atoms in total. The second-order valence-electron chi connectivity index (χ2n) is 6.08. The maximum absolute atomic E-state index is 12.4. The summed E-state index contributed by atoms with van der Waals surface area (Å²) >= 11 is 0. The van der Waals surface area contributed by atoms with E-state index < -0.39 is 11.8 Å². The Hall–Kier alpha value is -3.88. The first-order valence-electron chi connectivity index (χ1n) is 8.46. The van der Waals surface area contributed by atoms with Crippen LogP contribution in [0.3, 0.4) is 0 Å². The lowest BCUT2D eigenvalue weighted by Crippen LogP contribution is -2.24. The summed E-state index contributed by atoms with van der Waals surface area (Å²) in [4.78, 5) is 28.7. The summed E-state index contributed by atoms with van der Waals surface area (Å²) in [5.41, 5.74) is 1.27. The van der Waals surface area contributed by atoms with Crippen molar-refractivity contribution < 1.29 is 23.6 Å². The molecule has 0 saturated carbocycles. The average molecular weight is 380 g/mol. The summed E-state index contributed by atoms with van der Waals surface area (Å²) in [6.45, 7) is 2.20. The van der Waals surface area contributed by atoms with E-state index in [4.69, 9.17) is 14.0 Å². The molecule has 0 radical (unpaired) electrons. The van der Waals surface area contributed by atoms with Crippen LogP contribution in [0, 0.1) is 6.92 Å². The Morgan fingerprint density at radius 1 is 1.07 bits per heavy atom. The Balaban J connectivity index is 1.40. The van der Waals surface area contributed by atoms with Gasteiger partial charge in [-0.15, -0.1) is 0 Å². The molecule has 0 aliphatic carbocycles. The Bertz CT molecular complexity index is 1050. The van der Waals surface area contributed by atoms with Crippen LogP contribution in [0.15, 0.2) is 47.1 Å². The molecular weight excluding hydrogens is 364 g/mol. The third kappa shape index (κ3) is 3.78. The van der Waals surface area contributed by atoms with E-state index in [1.165, 1.54) is 18.3 Å². The Morgan fingerprint density at radius 3 is 2.75 bits per heavy atom. The van der Waals surface area contributed by atoms with Gasteiger partial charge >= 0.3 is 0 Å². The van der Waals surface area contributed by atoms with Crippen LogP contribution in [-0.4, -0.2) is 28.7 Å². The van der Waals surface area contributed by atoms with E-state index in [9.17, 15) is 9.59 Å². The molecule has 0 saturated heterocycles. The minimum absolute atomic E-state index is 0.129. The van der Waals surface area contributed by atoms with Crippen LogP contribution in [0.2, 0.25) is 0 Å². The van der Waals surface area contributed by atoms with E-state index in [1.54, 1.807) is 25.1 Å². The fourth-order valence-electron chi connectivity index (χ4n) is 2.63. The van der Waals surface area contributed by atoms with Crippen LogP contribution in [0.5, 0.6) is 11.5 Å². The van der Waals surface area contributed by atoms with Gasteiger partial charge in [0, 0.05) is 24.4 Å². The predicted octanol–water partition coefficient (Wildman–Crippen LogP) is 2.29. The zero-order valence-corrected chi connectivity index (χ0v) is 14.9. The molecule has 3 heterocycles. The number of fused-ring (bicyclic) bond motifs is 1. The lowest BCUT2D eigenvalue weighted by molar-refractivity contribution is 0.0946. The highest BCUT2D eigenvalue weighted by atomic mass is 16.7. The average Bonchev–Trinajstić information content (AvgIpc) is 3.34. The van der Waals surface area contributed by atoms with E-state index in [0.717, 1.165) is 5.56 Å². The molecule has 1 aromatic carbocycles. The van der Waals surface area contributed by atoms with Gasteiger partial charge in [0.05, 0.1) is 0 Å². The normalized spacial score (nSPS) is 11.9. The largest absolute Gasteiger partial charge is 0.454 e. The molecule has 2 N–H and O–H groups in total. The van der Waals surface area contributed by atoms with Crippen molar-refractivity contribution in [3.63, 3.8) is 0 Å². The van der Waals surface area contributed by atoms with Crippen molar-refractivity contribution in [2.45, 2.75) is 13.5 Å². The SMILES string of the molecule is Cc1cc(NC(=O)c2ccnc(C(=O)NCc3ccc4c(c3)OCO4)c2)no1. The molecule has 9 heteroatoms. The van der Waals surface area contributed by atoms with Crippen LogP contribution in [0.4, 0.5) is 5.82 Å². The number of benzene rings is 1. The zero-order valence-electron chi connectivity index (χ0n) is 14.9. The van der Waals surface area contributed by atoms with Gasteiger partial charge in [0.25, 0.3) is 11.8 Å². The second-order valence-corrected chi connectivity index (χ2v) is 6.08. The first-order valence-corrected chi connectivity index (χ1v) is 8.46. The number of carbonyl (C=O) groups is 2. The van der Waals surface area contributed by atoms with Gasteiger partial charge in [-0.25, -0.2) is 0 Å². The van der Waals surface area contributed by atoms with Gasteiger partial charge < -0.3 is 24.6 Å². The maximum atomic E-state index is 12.4. The number of carbonyl (C=O) groups excluding carboxylic acids is 2. The number of nitrogens with zero attached hydrogens (tertiary/aromatic N) is 2. The van der Waals surface area contributed by atoms with Crippen LogP contribution in [0.25, 0.3) is 0 Å². The summed E-state index contributed by atoms with van der Waals surface area (Å²) in [6.07, 6.45) is 1.40. The molecule has 1 aliphatic rings. The fraction of sp³-hybridized carbons (Fsp3) is 0.158. The monoisotopic (exact) mass is 380 g/mol.